The number of amides is 1. The number of carbonyl (C=O) groups excluding carboxylic acids is 1. The molecule has 1 N–H and O–H groups in total. The van der Waals surface area contributed by atoms with Crippen molar-refractivity contribution in [1.29, 1.82) is 0 Å². The van der Waals surface area contributed by atoms with Crippen molar-refractivity contribution in [2.24, 2.45) is 5.16 Å². The summed E-state index contributed by atoms with van der Waals surface area (Å²) in [6.45, 7) is 2.27. The third-order valence-corrected chi connectivity index (χ3v) is 3.61. The second-order valence-electron chi connectivity index (χ2n) is 4.89. The van der Waals surface area contributed by atoms with E-state index in [0.29, 0.717) is 30.8 Å². The summed E-state index contributed by atoms with van der Waals surface area (Å²) in [6, 6.07) is 7.41. The Labute approximate surface area is 121 Å². The van der Waals surface area contributed by atoms with Crippen molar-refractivity contribution in [3.05, 3.63) is 47.7 Å². The number of nitrogens with zero attached hydrogens (tertiary/aromatic N) is 3. The van der Waals surface area contributed by atoms with Gasteiger partial charge in [0.2, 0.25) is 5.76 Å². The molecule has 1 aromatic heterocycles. The number of rotatable bonds is 1. The summed E-state index contributed by atoms with van der Waals surface area (Å²) in [7, 11) is 0. The smallest absolute Gasteiger partial charge is 0.295 e. The van der Waals surface area contributed by atoms with E-state index in [0.717, 1.165) is 11.3 Å². The Morgan fingerprint density at radius 2 is 2.24 bits per heavy atom. The lowest BCUT2D eigenvalue weighted by atomic mass is 10.1. The van der Waals surface area contributed by atoms with Gasteiger partial charge in [-0.05, 0) is 25.8 Å². The van der Waals surface area contributed by atoms with Crippen molar-refractivity contribution in [3.63, 3.8) is 0 Å². The molecule has 1 aliphatic rings. The topological polar surface area (TPSA) is 78.9 Å². The van der Waals surface area contributed by atoms with Crippen LogP contribution >= 0.6 is 0 Å². The second kappa shape index (κ2) is 5.40. The van der Waals surface area contributed by atoms with Crippen LogP contribution in [0.2, 0.25) is 0 Å². The highest BCUT2D eigenvalue weighted by Crippen LogP contribution is 2.28. The van der Waals surface area contributed by atoms with Crippen molar-refractivity contribution >= 4 is 17.3 Å². The van der Waals surface area contributed by atoms with Crippen LogP contribution in [0.15, 0.2) is 40.2 Å². The molecule has 0 aliphatic carbocycles. The molecule has 0 unspecified atom stereocenters. The third-order valence-electron chi connectivity index (χ3n) is 3.61. The fourth-order valence-corrected chi connectivity index (χ4v) is 2.56. The van der Waals surface area contributed by atoms with Gasteiger partial charge in [0.1, 0.15) is 0 Å². The van der Waals surface area contributed by atoms with E-state index < -0.39 is 0 Å². The summed E-state index contributed by atoms with van der Waals surface area (Å²) in [4.78, 5) is 18.3. The summed E-state index contributed by atoms with van der Waals surface area (Å²) in [6.07, 6.45) is 2.60. The molecule has 1 aliphatic heterocycles. The van der Waals surface area contributed by atoms with Crippen molar-refractivity contribution in [2.75, 3.05) is 11.4 Å². The molecule has 6 heteroatoms. The number of oxazole rings is 1. The summed E-state index contributed by atoms with van der Waals surface area (Å²) < 4.78 is 5.21. The minimum atomic E-state index is -0.225. The molecular formula is C15H15N3O3. The predicted molar refractivity (Wildman–Crippen MR) is 76.9 cm³/mol. The lowest BCUT2D eigenvalue weighted by molar-refractivity contribution is 0.0959. The maximum atomic E-state index is 12.7. The first-order valence-corrected chi connectivity index (χ1v) is 6.74. The van der Waals surface area contributed by atoms with E-state index in [1.165, 1.54) is 6.39 Å². The van der Waals surface area contributed by atoms with Gasteiger partial charge in [0, 0.05) is 12.1 Å². The SMILES string of the molecule is Cc1ncoc1C(=O)N1CCC/C(=N/O)c2ccccc21. The lowest BCUT2D eigenvalue weighted by Gasteiger charge is -2.21. The molecule has 21 heavy (non-hydrogen) atoms. The summed E-state index contributed by atoms with van der Waals surface area (Å²) >= 11 is 0. The van der Waals surface area contributed by atoms with Crippen LogP contribution < -0.4 is 4.90 Å². The number of hydrogen-bond donors (Lipinski definition) is 1. The first kappa shape index (κ1) is 13.4. The number of oxime groups is 1. The van der Waals surface area contributed by atoms with Crippen LogP contribution in [-0.4, -0.2) is 28.4 Å². The molecular weight excluding hydrogens is 270 g/mol. The molecule has 3 rings (SSSR count). The number of benzene rings is 1. The molecule has 0 saturated heterocycles. The van der Waals surface area contributed by atoms with Crippen LogP contribution in [0.1, 0.15) is 34.7 Å². The quantitative estimate of drug-likeness (QED) is 0.645. The minimum Gasteiger partial charge on any atom is -0.438 e. The average Bonchev–Trinajstić information content (AvgIpc) is 2.84. The summed E-state index contributed by atoms with van der Waals surface area (Å²) in [5, 5.41) is 12.5. The van der Waals surface area contributed by atoms with Crippen LogP contribution in [0.4, 0.5) is 5.69 Å². The van der Waals surface area contributed by atoms with E-state index >= 15 is 0 Å². The molecule has 108 valence electrons. The van der Waals surface area contributed by atoms with Gasteiger partial charge in [-0.15, -0.1) is 0 Å². The molecule has 0 radical (unpaired) electrons. The molecule has 0 atom stereocenters. The fraction of sp³-hybridized carbons (Fsp3) is 0.267. The Morgan fingerprint density at radius 1 is 1.43 bits per heavy atom. The second-order valence-corrected chi connectivity index (χ2v) is 4.89. The van der Waals surface area contributed by atoms with Crippen LogP contribution in [0.5, 0.6) is 0 Å². The van der Waals surface area contributed by atoms with Crippen molar-refractivity contribution in [1.82, 2.24) is 4.98 Å². The van der Waals surface area contributed by atoms with Gasteiger partial charge >= 0.3 is 0 Å². The standard InChI is InChI=1S/C15H15N3O3/c1-10-14(21-9-16-10)15(19)18-8-4-6-12(17-20)11-5-2-3-7-13(11)18/h2-3,5,7,9,20H,4,6,8H2,1H3/b17-12-. The van der Waals surface area contributed by atoms with E-state index in [2.05, 4.69) is 10.1 Å². The van der Waals surface area contributed by atoms with Gasteiger partial charge in [-0.3, -0.25) is 4.79 Å². The van der Waals surface area contributed by atoms with E-state index in [1.807, 2.05) is 24.3 Å². The Bertz CT molecular complexity index is 706. The van der Waals surface area contributed by atoms with Gasteiger partial charge in [-0.2, -0.15) is 0 Å². The average molecular weight is 285 g/mol. The predicted octanol–water partition coefficient (Wildman–Crippen LogP) is 2.60. The summed E-state index contributed by atoms with van der Waals surface area (Å²) in [5.41, 5.74) is 2.65. The van der Waals surface area contributed by atoms with Gasteiger partial charge < -0.3 is 14.5 Å². The van der Waals surface area contributed by atoms with Crippen molar-refractivity contribution in [3.8, 4) is 0 Å². The normalized spacial score (nSPS) is 16.6. The maximum Gasteiger partial charge on any atom is 0.295 e. The molecule has 1 amide bonds. The van der Waals surface area contributed by atoms with Gasteiger partial charge in [0.05, 0.1) is 17.1 Å². The highest BCUT2D eigenvalue weighted by Gasteiger charge is 2.27. The Balaban J connectivity index is 2.07. The molecule has 0 saturated carbocycles. The van der Waals surface area contributed by atoms with E-state index in [9.17, 15) is 10.0 Å². The molecule has 0 fully saturated rings. The summed E-state index contributed by atoms with van der Waals surface area (Å²) in [5.74, 6) is 0.0193. The molecule has 2 heterocycles. The van der Waals surface area contributed by atoms with Gasteiger partial charge in [-0.1, -0.05) is 23.4 Å². The minimum absolute atomic E-state index is 0.225. The molecule has 1 aromatic carbocycles. The largest absolute Gasteiger partial charge is 0.438 e. The zero-order valence-electron chi connectivity index (χ0n) is 11.6. The zero-order valence-corrected chi connectivity index (χ0v) is 11.6. The number of fused-ring (bicyclic) bond motifs is 1. The van der Waals surface area contributed by atoms with E-state index in [4.69, 9.17) is 4.42 Å². The van der Waals surface area contributed by atoms with Crippen LogP contribution in [0.25, 0.3) is 0 Å². The highest BCUT2D eigenvalue weighted by atomic mass is 16.4. The number of carbonyl (C=O) groups is 1. The van der Waals surface area contributed by atoms with Crippen molar-refractivity contribution < 1.29 is 14.4 Å². The Hall–Kier alpha value is -2.63. The van der Waals surface area contributed by atoms with Gasteiger partial charge in [-0.25, -0.2) is 4.98 Å². The van der Waals surface area contributed by atoms with E-state index in [1.54, 1.807) is 11.8 Å². The lowest BCUT2D eigenvalue weighted by Crippen LogP contribution is -2.32. The van der Waals surface area contributed by atoms with Gasteiger partial charge in [0.15, 0.2) is 6.39 Å². The molecule has 0 spiro atoms. The fourth-order valence-electron chi connectivity index (χ4n) is 2.56. The molecule has 6 nitrogen and oxygen atoms in total. The highest BCUT2D eigenvalue weighted by molar-refractivity contribution is 6.12. The number of para-hydroxylation sites is 1. The third kappa shape index (κ3) is 2.29. The number of anilines is 1. The van der Waals surface area contributed by atoms with Crippen LogP contribution in [0.3, 0.4) is 0 Å². The van der Waals surface area contributed by atoms with Crippen molar-refractivity contribution in [2.45, 2.75) is 19.8 Å². The first-order chi connectivity index (χ1) is 10.2. The molecule has 2 aromatic rings. The Morgan fingerprint density at radius 3 is 2.95 bits per heavy atom. The maximum absolute atomic E-state index is 12.7. The molecule has 0 bridgehead atoms. The Kier molecular flexibility index (Phi) is 3.43. The van der Waals surface area contributed by atoms with Crippen LogP contribution in [-0.2, 0) is 0 Å². The first-order valence-electron chi connectivity index (χ1n) is 6.74. The van der Waals surface area contributed by atoms with Gasteiger partial charge in [0.25, 0.3) is 5.91 Å². The monoisotopic (exact) mass is 285 g/mol. The van der Waals surface area contributed by atoms with Crippen LogP contribution in [0, 0.1) is 6.92 Å². The number of aromatic nitrogens is 1. The van der Waals surface area contributed by atoms with E-state index in [-0.39, 0.29) is 11.7 Å². The zero-order chi connectivity index (χ0) is 14.8. The number of aryl methyl sites for hydroxylation is 1. The number of hydrogen-bond acceptors (Lipinski definition) is 5.